The number of hydrogen-bond acceptors (Lipinski definition) is 4. The van der Waals surface area contributed by atoms with Gasteiger partial charge in [0.2, 0.25) is 0 Å². The summed E-state index contributed by atoms with van der Waals surface area (Å²) in [5.74, 6) is 0.443. The summed E-state index contributed by atoms with van der Waals surface area (Å²) in [6.45, 7) is 4.44. The first kappa shape index (κ1) is 19.4. The van der Waals surface area contributed by atoms with Crippen LogP contribution in [0.4, 0.5) is 0 Å². The van der Waals surface area contributed by atoms with Gasteiger partial charge in [-0.1, -0.05) is 56.3 Å². The first-order chi connectivity index (χ1) is 13.1. The zero-order valence-corrected chi connectivity index (χ0v) is 16.3. The maximum atomic E-state index is 12.5. The van der Waals surface area contributed by atoms with Gasteiger partial charge in [0.05, 0.1) is 25.2 Å². The number of esters is 1. The van der Waals surface area contributed by atoms with Gasteiger partial charge >= 0.3 is 5.97 Å². The molecule has 4 nitrogen and oxygen atoms in total. The van der Waals surface area contributed by atoms with Crippen molar-refractivity contribution in [2.45, 2.75) is 44.6 Å². The number of methoxy groups -OCH3 is 1. The van der Waals surface area contributed by atoms with E-state index in [-0.39, 0.29) is 11.9 Å². The van der Waals surface area contributed by atoms with Crippen LogP contribution < -0.4 is 4.74 Å². The number of carbonyl (C=O) groups is 1. The van der Waals surface area contributed by atoms with Crippen LogP contribution >= 0.6 is 0 Å². The van der Waals surface area contributed by atoms with Crippen LogP contribution in [0.15, 0.2) is 48.5 Å². The summed E-state index contributed by atoms with van der Waals surface area (Å²) in [7, 11) is 1.43. The Morgan fingerprint density at radius 1 is 1.19 bits per heavy atom. The van der Waals surface area contributed by atoms with E-state index in [0.717, 1.165) is 17.5 Å². The average molecular weight is 368 g/mol. The molecule has 1 N–H and O–H groups in total. The minimum absolute atomic E-state index is 0.00784. The molecule has 27 heavy (non-hydrogen) atoms. The fourth-order valence-corrected chi connectivity index (χ4v) is 4.09. The topological polar surface area (TPSA) is 55.8 Å². The zero-order chi connectivity index (χ0) is 19.4. The molecule has 0 unspecified atom stereocenters. The van der Waals surface area contributed by atoms with Crippen LogP contribution in [-0.4, -0.2) is 24.8 Å². The third-order valence-corrected chi connectivity index (χ3v) is 5.91. The minimum Gasteiger partial charge on any atom is -0.493 e. The van der Waals surface area contributed by atoms with E-state index in [1.807, 2.05) is 50.2 Å². The lowest BCUT2D eigenvalue weighted by Gasteiger charge is -2.33. The van der Waals surface area contributed by atoms with E-state index in [0.29, 0.717) is 25.2 Å². The molecule has 144 valence electrons. The number of aliphatic hydroxyl groups is 1. The molecule has 0 amide bonds. The summed E-state index contributed by atoms with van der Waals surface area (Å²) < 4.78 is 11.1. The molecule has 0 bridgehead atoms. The van der Waals surface area contributed by atoms with E-state index >= 15 is 0 Å². The molecule has 0 aromatic heterocycles. The molecule has 3 rings (SSSR count). The van der Waals surface area contributed by atoms with E-state index < -0.39 is 11.5 Å². The largest absolute Gasteiger partial charge is 0.493 e. The van der Waals surface area contributed by atoms with Gasteiger partial charge in [-0.05, 0) is 36.5 Å². The molecule has 0 fully saturated rings. The van der Waals surface area contributed by atoms with E-state index in [1.165, 1.54) is 12.7 Å². The van der Waals surface area contributed by atoms with E-state index in [1.54, 1.807) is 0 Å². The second-order valence-corrected chi connectivity index (χ2v) is 7.24. The molecule has 0 aliphatic carbocycles. The average Bonchev–Trinajstić information content (AvgIpc) is 2.72. The van der Waals surface area contributed by atoms with Crippen LogP contribution in [0.2, 0.25) is 0 Å². The van der Waals surface area contributed by atoms with Crippen molar-refractivity contribution < 1.29 is 19.4 Å². The lowest BCUT2D eigenvalue weighted by atomic mass is 9.75. The SMILES string of the molecule is CCC(CC)(C(=O)OC)c1ccc2c(c1)OC[C@@H](Cc1ccccc1)[C@H]2O. The molecule has 1 heterocycles. The van der Waals surface area contributed by atoms with Crippen molar-refractivity contribution >= 4 is 5.97 Å². The highest BCUT2D eigenvalue weighted by molar-refractivity contribution is 5.83. The number of fused-ring (bicyclic) bond motifs is 1. The number of benzene rings is 2. The van der Waals surface area contributed by atoms with Crippen LogP contribution in [-0.2, 0) is 21.4 Å². The Kier molecular flexibility index (Phi) is 5.85. The number of ether oxygens (including phenoxy) is 2. The van der Waals surface area contributed by atoms with Gasteiger partial charge in [0, 0.05) is 11.5 Å². The molecule has 2 aromatic carbocycles. The molecule has 0 spiro atoms. The Morgan fingerprint density at radius 3 is 2.52 bits per heavy atom. The van der Waals surface area contributed by atoms with Crippen molar-refractivity contribution in [2.75, 3.05) is 13.7 Å². The van der Waals surface area contributed by atoms with Crippen molar-refractivity contribution in [1.82, 2.24) is 0 Å². The monoisotopic (exact) mass is 368 g/mol. The van der Waals surface area contributed by atoms with Crippen molar-refractivity contribution in [3.8, 4) is 5.75 Å². The van der Waals surface area contributed by atoms with Crippen LogP contribution in [0, 0.1) is 5.92 Å². The fourth-order valence-electron chi connectivity index (χ4n) is 4.09. The summed E-state index contributed by atoms with van der Waals surface area (Å²) in [4.78, 5) is 12.5. The van der Waals surface area contributed by atoms with Gasteiger partial charge < -0.3 is 14.6 Å². The number of aliphatic hydroxyl groups excluding tert-OH is 1. The van der Waals surface area contributed by atoms with E-state index in [2.05, 4.69) is 12.1 Å². The summed E-state index contributed by atoms with van der Waals surface area (Å²) >= 11 is 0. The maximum absolute atomic E-state index is 12.5. The Hall–Kier alpha value is -2.33. The normalized spacial score (nSPS) is 19.1. The van der Waals surface area contributed by atoms with Crippen molar-refractivity contribution in [3.63, 3.8) is 0 Å². The Bertz CT molecular complexity index is 780. The van der Waals surface area contributed by atoms with Crippen LogP contribution in [0.3, 0.4) is 0 Å². The second kappa shape index (κ2) is 8.13. The molecule has 2 aromatic rings. The van der Waals surface area contributed by atoms with Crippen molar-refractivity contribution in [3.05, 3.63) is 65.2 Å². The second-order valence-electron chi connectivity index (χ2n) is 7.24. The Labute approximate surface area is 161 Å². The molecule has 1 aliphatic heterocycles. The van der Waals surface area contributed by atoms with Gasteiger partial charge in [0.1, 0.15) is 5.75 Å². The molecule has 1 aliphatic rings. The third kappa shape index (κ3) is 3.59. The van der Waals surface area contributed by atoms with Gasteiger partial charge in [-0.15, -0.1) is 0 Å². The van der Waals surface area contributed by atoms with Gasteiger partial charge in [0.25, 0.3) is 0 Å². The molecule has 4 heteroatoms. The third-order valence-electron chi connectivity index (χ3n) is 5.91. The molecular formula is C23H28O4. The first-order valence-corrected chi connectivity index (χ1v) is 9.63. The van der Waals surface area contributed by atoms with Crippen LogP contribution in [0.25, 0.3) is 0 Å². The maximum Gasteiger partial charge on any atom is 0.316 e. The Morgan fingerprint density at radius 2 is 1.89 bits per heavy atom. The van der Waals surface area contributed by atoms with E-state index in [4.69, 9.17) is 9.47 Å². The first-order valence-electron chi connectivity index (χ1n) is 9.63. The quantitative estimate of drug-likeness (QED) is 0.777. The van der Waals surface area contributed by atoms with Crippen LogP contribution in [0.5, 0.6) is 5.75 Å². The van der Waals surface area contributed by atoms with Crippen molar-refractivity contribution in [2.24, 2.45) is 5.92 Å². The lowest BCUT2D eigenvalue weighted by molar-refractivity contribution is -0.148. The van der Waals surface area contributed by atoms with Crippen LogP contribution in [0.1, 0.15) is 49.5 Å². The number of rotatable bonds is 6. The predicted octanol–water partition coefficient (Wildman–Crippen LogP) is 4.20. The van der Waals surface area contributed by atoms with Crippen molar-refractivity contribution in [1.29, 1.82) is 0 Å². The Balaban J connectivity index is 1.88. The lowest BCUT2D eigenvalue weighted by Crippen LogP contribution is -2.36. The summed E-state index contributed by atoms with van der Waals surface area (Å²) in [5, 5.41) is 10.9. The van der Waals surface area contributed by atoms with Gasteiger partial charge in [-0.25, -0.2) is 0 Å². The summed E-state index contributed by atoms with van der Waals surface area (Å²) in [6, 6.07) is 15.9. The molecule has 0 saturated carbocycles. The number of hydrogen-bond donors (Lipinski definition) is 1. The highest BCUT2D eigenvalue weighted by Gasteiger charge is 2.39. The van der Waals surface area contributed by atoms with E-state index in [9.17, 15) is 9.90 Å². The highest BCUT2D eigenvalue weighted by atomic mass is 16.5. The number of carbonyl (C=O) groups excluding carboxylic acids is 1. The molecule has 2 atom stereocenters. The van der Waals surface area contributed by atoms with Gasteiger partial charge in [-0.2, -0.15) is 0 Å². The standard InChI is InChI=1S/C23H28O4/c1-4-23(5-2,22(25)26-3)18-11-12-19-20(14-18)27-15-17(21(19)24)13-16-9-7-6-8-10-16/h6-12,14,17,21,24H,4-5,13,15H2,1-3H3/t17-,21-/m1/s1. The highest BCUT2D eigenvalue weighted by Crippen LogP contribution is 2.41. The van der Waals surface area contributed by atoms with Gasteiger partial charge in [-0.3, -0.25) is 4.79 Å². The van der Waals surface area contributed by atoms with Gasteiger partial charge in [0.15, 0.2) is 0 Å². The predicted molar refractivity (Wildman–Crippen MR) is 105 cm³/mol. The summed E-state index contributed by atoms with van der Waals surface area (Å²) in [5.41, 5.74) is 2.18. The fraction of sp³-hybridized carbons (Fsp3) is 0.435. The zero-order valence-electron chi connectivity index (χ0n) is 16.3. The molecule has 0 radical (unpaired) electrons. The smallest absolute Gasteiger partial charge is 0.316 e. The summed E-state index contributed by atoms with van der Waals surface area (Å²) in [6.07, 6.45) is 1.47. The minimum atomic E-state index is -0.682. The molecule has 0 saturated heterocycles. The molecular weight excluding hydrogens is 340 g/mol.